The fourth-order valence-electron chi connectivity index (χ4n) is 3.70. The number of benzene rings is 1. The molecule has 0 saturated heterocycles. The maximum absolute atomic E-state index is 13.4. The van der Waals surface area contributed by atoms with Gasteiger partial charge in [0, 0.05) is 22.3 Å². The number of carbonyl (C=O) groups excluding carboxylic acids is 1. The fourth-order valence-corrected chi connectivity index (χ4v) is 3.70. The zero-order chi connectivity index (χ0) is 25.2. The molecule has 0 unspecified atom stereocenters. The number of Topliss-reactive ketones (excluding diaryl/α,β-unsaturated/α-hetero) is 1. The third kappa shape index (κ3) is 4.78. The van der Waals surface area contributed by atoms with E-state index in [2.05, 4.69) is 31.0 Å². The van der Waals surface area contributed by atoms with Crippen LogP contribution < -0.4 is 19.8 Å². The number of fused-ring (bicyclic) bond motifs is 1. The Morgan fingerprint density at radius 1 is 1.09 bits per heavy atom. The summed E-state index contributed by atoms with van der Waals surface area (Å²) in [5.41, 5.74) is 3.34. The molecule has 0 spiro atoms. The molecule has 2 aromatic heterocycles. The number of hydrogen-bond acceptors (Lipinski definition) is 7. The van der Waals surface area contributed by atoms with E-state index in [9.17, 15) is 4.79 Å². The highest BCUT2D eigenvalue weighted by atomic mass is 16.5. The summed E-state index contributed by atoms with van der Waals surface area (Å²) in [6.45, 7) is 14.8. The van der Waals surface area contributed by atoms with Crippen LogP contribution in [0.25, 0.3) is 5.65 Å². The lowest BCUT2D eigenvalue weighted by atomic mass is 9.84. The molecular formula is C25H35N5O4. The van der Waals surface area contributed by atoms with Crippen molar-refractivity contribution in [3.8, 4) is 17.4 Å². The summed E-state index contributed by atoms with van der Waals surface area (Å²) in [6.07, 6.45) is 0.834. The minimum absolute atomic E-state index is 0.000541. The molecule has 34 heavy (non-hydrogen) atoms. The number of nitrogens with one attached hydrogen (secondary N) is 1. The second kappa shape index (κ2) is 9.87. The number of carbonyl (C=O) groups is 1. The Kier molecular flexibility index (Phi) is 7.33. The van der Waals surface area contributed by atoms with Gasteiger partial charge in [-0.2, -0.15) is 4.52 Å². The first-order valence-electron chi connectivity index (χ1n) is 11.6. The second-order valence-electron chi connectivity index (χ2n) is 9.28. The molecule has 1 aromatic carbocycles. The maximum atomic E-state index is 13.4. The number of rotatable bonds is 9. The number of ether oxygens (including phenoxy) is 3. The van der Waals surface area contributed by atoms with Crippen molar-refractivity contribution in [2.75, 3.05) is 20.3 Å². The van der Waals surface area contributed by atoms with E-state index in [-0.39, 0.29) is 23.4 Å². The number of ketones is 1. The lowest BCUT2D eigenvalue weighted by Crippen LogP contribution is -2.27. The molecule has 1 N–H and O–H groups in total. The first-order valence-corrected chi connectivity index (χ1v) is 11.6. The Morgan fingerprint density at radius 2 is 1.79 bits per heavy atom. The Labute approximate surface area is 200 Å². The molecule has 0 aliphatic carbocycles. The van der Waals surface area contributed by atoms with Crippen LogP contribution in [0, 0.1) is 19.3 Å². The number of methoxy groups -OCH3 is 1. The average molecular weight is 470 g/mol. The molecular weight excluding hydrogens is 434 g/mol. The second-order valence-corrected chi connectivity index (χ2v) is 9.28. The van der Waals surface area contributed by atoms with Crippen LogP contribution in [0.5, 0.6) is 17.4 Å². The van der Waals surface area contributed by atoms with Gasteiger partial charge in [-0.15, -0.1) is 10.2 Å². The van der Waals surface area contributed by atoms with Crippen LogP contribution in [0.2, 0.25) is 0 Å². The van der Waals surface area contributed by atoms with Crippen molar-refractivity contribution in [3.05, 3.63) is 40.0 Å². The highest BCUT2D eigenvalue weighted by molar-refractivity contribution is 5.97. The molecule has 184 valence electrons. The standard InChI is InChI=1S/C25H35N5O4/c1-9-11-34-20-13-17(12-18(21(20)32-8)25(5,6)7)19(31)14-29-24(26)30-22(27-29)15(3)16(4)23(28-30)33-10-2/h12-13,26H,9-11,14H2,1-8H3. The lowest BCUT2D eigenvalue weighted by molar-refractivity contribution is 0.0965. The van der Waals surface area contributed by atoms with E-state index in [1.165, 1.54) is 9.20 Å². The summed E-state index contributed by atoms with van der Waals surface area (Å²) in [6, 6.07) is 3.56. The molecule has 3 aromatic rings. The smallest absolute Gasteiger partial charge is 0.242 e. The van der Waals surface area contributed by atoms with Gasteiger partial charge in [0.05, 0.1) is 20.3 Å². The molecule has 2 heterocycles. The third-order valence-electron chi connectivity index (χ3n) is 5.70. The zero-order valence-electron chi connectivity index (χ0n) is 21.4. The Hall–Kier alpha value is -3.36. The van der Waals surface area contributed by atoms with Gasteiger partial charge in [0.2, 0.25) is 11.5 Å². The summed E-state index contributed by atoms with van der Waals surface area (Å²) in [5.74, 6) is 1.45. The maximum Gasteiger partial charge on any atom is 0.242 e. The number of hydrogen-bond donors (Lipinski definition) is 1. The van der Waals surface area contributed by atoms with Gasteiger partial charge in [-0.1, -0.05) is 27.7 Å². The third-order valence-corrected chi connectivity index (χ3v) is 5.70. The van der Waals surface area contributed by atoms with Crippen LogP contribution in [0.1, 0.15) is 68.1 Å². The monoisotopic (exact) mass is 469 g/mol. The van der Waals surface area contributed by atoms with Crippen molar-refractivity contribution in [2.24, 2.45) is 0 Å². The molecule has 0 amide bonds. The first kappa shape index (κ1) is 25.3. The Morgan fingerprint density at radius 3 is 2.38 bits per heavy atom. The highest BCUT2D eigenvalue weighted by Gasteiger charge is 2.25. The molecule has 9 heteroatoms. The van der Waals surface area contributed by atoms with E-state index >= 15 is 0 Å². The largest absolute Gasteiger partial charge is 0.493 e. The van der Waals surface area contributed by atoms with Crippen molar-refractivity contribution in [1.82, 2.24) is 19.4 Å². The van der Waals surface area contributed by atoms with Crippen LogP contribution in [0.4, 0.5) is 0 Å². The van der Waals surface area contributed by atoms with E-state index in [0.29, 0.717) is 41.8 Å². The van der Waals surface area contributed by atoms with Crippen molar-refractivity contribution in [1.29, 1.82) is 5.41 Å². The normalized spacial score (nSPS) is 11.6. The minimum atomic E-state index is -0.267. The van der Waals surface area contributed by atoms with Crippen molar-refractivity contribution < 1.29 is 19.0 Å². The predicted molar refractivity (Wildman–Crippen MR) is 129 cm³/mol. The zero-order valence-corrected chi connectivity index (χ0v) is 21.4. The summed E-state index contributed by atoms with van der Waals surface area (Å²) in [7, 11) is 1.61. The molecule has 3 rings (SSSR count). The lowest BCUT2D eigenvalue weighted by Gasteiger charge is -2.25. The molecule has 0 aliphatic rings. The summed E-state index contributed by atoms with van der Waals surface area (Å²) >= 11 is 0. The number of aryl methyl sites for hydroxylation is 1. The highest BCUT2D eigenvalue weighted by Crippen LogP contribution is 2.40. The van der Waals surface area contributed by atoms with Crippen LogP contribution in [-0.2, 0) is 12.0 Å². The molecule has 0 saturated carbocycles. The van der Waals surface area contributed by atoms with Gasteiger partial charge in [-0.25, -0.2) is 4.68 Å². The van der Waals surface area contributed by atoms with Crippen LogP contribution in [0.15, 0.2) is 12.1 Å². The predicted octanol–water partition coefficient (Wildman–Crippen LogP) is 4.00. The SMILES string of the molecule is CCCOc1cc(C(=O)Cn2nc3c(C)c(C)c(OCC)nn3c2=N)cc(C(C)(C)C)c1OC. The van der Waals surface area contributed by atoms with Crippen LogP contribution in [0.3, 0.4) is 0 Å². The van der Waals surface area contributed by atoms with Crippen molar-refractivity contribution >= 4 is 11.4 Å². The van der Waals surface area contributed by atoms with Gasteiger partial charge >= 0.3 is 0 Å². The van der Waals surface area contributed by atoms with Gasteiger partial charge in [-0.05, 0) is 44.7 Å². The summed E-state index contributed by atoms with van der Waals surface area (Å²) < 4.78 is 20.0. The van der Waals surface area contributed by atoms with Gasteiger partial charge < -0.3 is 14.2 Å². The quantitative estimate of drug-likeness (QED) is 0.475. The Balaban J connectivity index is 2.06. The van der Waals surface area contributed by atoms with E-state index in [4.69, 9.17) is 19.6 Å². The molecule has 0 radical (unpaired) electrons. The fraction of sp³-hybridized carbons (Fsp3) is 0.520. The first-order chi connectivity index (χ1) is 16.0. The van der Waals surface area contributed by atoms with Crippen LogP contribution >= 0.6 is 0 Å². The molecule has 0 bridgehead atoms. The summed E-state index contributed by atoms with van der Waals surface area (Å²) in [4.78, 5) is 13.4. The van der Waals surface area contributed by atoms with Gasteiger partial charge in [0.25, 0.3) is 0 Å². The molecule has 9 nitrogen and oxygen atoms in total. The Bertz CT molecular complexity index is 1270. The van der Waals surface area contributed by atoms with E-state index in [1.54, 1.807) is 13.2 Å². The number of nitrogens with zero attached hydrogens (tertiary/aromatic N) is 4. The van der Waals surface area contributed by atoms with Gasteiger partial charge in [0.15, 0.2) is 22.9 Å². The summed E-state index contributed by atoms with van der Waals surface area (Å²) in [5, 5.41) is 17.5. The van der Waals surface area contributed by atoms with E-state index in [1.807, 2.05) is 33.8 Å². The van der Waals surface area contributed by atoms with Gasteiger partial charge in [0.1, 0.15) is 6.54 Å². The van der Waals surface area contributed by atoms with Crippen molar-refractivity contribution in [2.45, 2.75) is 66.8 Å². The van der Waals surface area contributed by atoms with E-state index < -0.39 is 0 Å². The minimum Gasteiger partial charge on any atom is -0.493 e. The van der Waals surface area contributed by atoms with Gasteiger partial charge in [-0.3, -0.25) is 10.2 Å². The van der Waals surface area contributed by atoms with E-state index in [0.717, 1.165) is 23.1 Å². The molecule has 0 fully saturated rings. The topological polar surface area (TPSA) is 104 Å². The molecule has 0 atom stereocenters. The molecule has 0 aliphatic heterocycles. The number of aromatic nitrogens is 4. The average Bonchev–Trinajstić information content (AvgIpc) is 3.09. The van der Waals surface area contributed by atoms with Crippen molar-refractivity contribution in [3.63, 3.8) is 0 Å². The van der Waals surface area contributed by atoms with Crippen LogP contribution in [-0.4, -0.2) is 45.5 Å².